The van der Waals surface area contributed by atoms with E-state index in [9.17, 15) is 4.79 Å². The molecule has 1 saturated heterocycles. The van der Waals surface area contributed by atoms with Crippen molar-refractivity contribution in [2.24, 2.45) is 5.92 Å². The van der Waals surface area contributed by atoms with Crippen molar-refractivity contribution >= 4 is 11.6 Å². The third-order valence-corrected chi connectivity index (χ3v) is 3.23. The van der Waals surface area contributed by atoms with Crippen molar-refractivity contribution < 1.29 is 4.79 Å². The first-order valence-electron chi connectivity index (χ1n) is 5.81. The van der Waals surface area contributed by atoms with E-state index < -0.39 is 0 Å². The van der Waals surface area contributed by atoms with Gasteiger partial charge in [-0.05, 0) is 43.0 Å². The predicted octanol–water partition coefficient (Wildman–Crippen LogP) is 2.14. The van der Waals surface area contributed by atoms with Gasteiger partial charge < -0.3 is 10.6 Å². The minimum absolute atomic E-state index is 0.131. The molecule has 3 heteroatoms. The second-order valence-electron chi connectivity index (χ2n) is 4.60. The molecule has 1 aliphatic heterocycles. The predicted molar refractivity (Wildman–Crippen MR) is 65.2 cm³/mol. The second-order valence-corrected chi connectivity index (χ2v) is 4.60. The molecule has 1 aliphatic rings. The summed E-state index contributed by atoms with van der Waals surface area (Å²) in [6, 6.07) is 7.16. The van der Waals surface area contributed by atoms with Gasteiger partial charge in [0.2, 0.25) is 0 Å². The zero-order chi connectivity index (χ0) is 11.5. The maximum atomic E-state index is 12.1. The summed E-state index contributed by atoms with van der Waals surface area (Å²) < 4.78 is 0. The first kappa shape index (κ1) is 11.0. The van der Waals surface area contributed by atoms with Crippen molar-refractivity contribution in [1.29, 1.82) is 0 Å². The van der Waals surface area contributed by atoms with Gasteiger partial charge in [-0.2, -0.15) is 0 Å². The monoisotopic (exact) mass is 218 g/mol. The summed E-state index contributed by atoms with van der Waals surface area (Å²) in [5.74, 6) is 0.877. The van der Waals surface area contributed by atoms with Gasteiger partial charge in [0.05, 0.1) is 0 Å². The molecule has 2 N–H and O–H groups in total. The number of piperidine rings is 1. The molecule has 3 nitrogen and oxygen atoms in total. The van der Waals surface area contributed by atoms with Crippen LogP contribution in [-0.4, -0.2) is 23.9 Å². The van der Waals surface area contributed by atoms with Crippen LogP contribution < -0.4 is 5.73 Å². The molecule has 0 unspecified atom stereocenters. The average Bonchev–Trinajstić information content (AvgIpc) is 2.30. The standard InChI is InChI=1S/C13H18N2O/c1-10-6-8-15(9-7-10)13(16)11-2-4-12(14)5-3-11/h2-5,10H,6-9,14H2,1H3. The fourth-order valence-electron chi connectivity index (χ4n) is 2.02. The molecule has 1 aromatic carbocycles. The van der Waals surface area contributed by atoms with E-state index in [1.807, 2.05) is 4.90 Å². The largest absolute Gasteiger partial charge is 0.399 e. The smallest absolute Gasteiger partial charge is 0.253 e. The molecule has 16 heavy (non-hydrogen) atoms. The molecule has 0 saturated carbocycles. The molecule has 1 fully saturated rings. The summed E-state index contributed by atoms with van der Waals surface area (Å²) >= 11 is 0. The quantitative estimate of drug-likeness (QED) is 0.734. The van der Waals surface area contributed by atoms with Crippen LogP contribution in [0.15, 0.2) is 24.3 Å². The number of hydrogen-bond donors (Lipinski definition) is 1. The lowest BCUT2D eigenvalue weighted by Gasteiger charge is -2.30. The Morgan fingerprint density at radius 3 is 2.38 bits per heavy atom. The van der Waals surface area contributed by atoms with Crippen molar-refractivity contribution in [1.82, 2.24) is 4.90 Å². The van der Waals surface area contributed by atoms with E-state index in [2.05, 4.69) is 6.92 Å². The minimum atomic E-state index is 0.131. The Balaban J connectivity index is 2.05. The van der Waals surface area contributed by atoms with Crippen LogP contribution in [0.25, 0.3) is 0 Å². The van der Waals surface area contributed by atoms with E-state index in [4.69, 9.17) is 5.73 Å². The number of benzene rings is 1. The van der Waals surface area contributed by atoms with E-state index in [-0.39, 0.29) is 5.91 Å². The molecular formula is C13H18N2O. The summed E-state index contributed by atoms with van der Waals surface area (Å²) in [7, 11) is 0. The molecule has 1 heterocycles. The highest BCUT2D eigenvalue weighted by atomic mass is 16.2. The van der Waals surface area contributed by atoms with Gasteiger partial charge in [0.1, 0.15) is 0 Å². The van der Waals surface area contributed by atoms with Gasteiger partial charge in [-0.3, -0.25) is 4.79 Å². The molecule has 0 spiro atoms. The zero-order valence-electron chi connectivity index (χ0n) is 9.65. The van der Waals surface area contributed by atoms with Crippen molar-refractivity contribution in [2.75, 3.05) is 18.8 Å². The molecule has 0 aliphatic carbocycles. The highest BCUT2D eigenvalue weighted by Gasteiger charge is 2.20. The summed E-state index contributed by atoms with van der Waals surface area (Å²) in [6.07, 6.45) is 2.22. The molecule has 1 aromatic rings. The Bertz CT molecular complexity index is 364. The van der Waals surface area contributed by atoms with Crippen LogP contribution in [0.5, 0.6) is 0 Å². The Morgan fingerprint density at radius 2 is 1.81 bits per heavy atom. The number of carbonyl (C=O) groups excluding carboxylic acids is 1. The van der Waals surface area contributed by atoms with Crippen LogP contribution >= 0.6 is 0 Å². The van der Waals surface area contributed by atoms with Gasteiger partial charge in [0.15, 0.2) is 0 Å². The Morgan fingerprint density at radius 1 is 1.25 bits per heavy atom. The third-order valence-electron chi connectivity index (χ3n) is 3.23. The fraction of sp³-hybridized carbons (Fsp3) is 0.462. The number of nitrogen functional groups attached to an aromatic ring is 1. The van der Waals surface area contributed by atoms with Crippen molar-refractivity contribution in [3.8, 4) is 0 Å². The van der Waals surface area contributed by atoms with Gasteiger partial charge in [0.25, 0.3) is 5.91 Å². The molecule has 0 aromatic heterocycles. The highest BCUT2D eigenvalue weighted by molar-refractivity contribution is 5.94. The van der Waals surface area contributed by atoms with E-state index in [0.29, 0.717) is 5.69 Å². The lowest BCUT2D eigenvalue weighted by molar-refractivity contribution is 0.0697. The van der Waals surface area contributed by atoms with Gasteiger partial charge in [-0.1, -0.05) is 6.92 Å². The van der Waals surface area contributed by atoms with Crippen molar-refractivity contribution in [3.63, 3.8) is 0 Å². The summed E-state index contributed by atoms with van der Waals surface area (Å²) in [4.78, 5) is 14.0. The van der Waals surface area contributed by atoms with Gasteiger partial charge >= 0.3 is 0 Å². The van der Waals surface area contributed by atoms with E-state index in [1.165, 1.54) is 0 Å². The Labute approximate surface area is 96.2 Å². The number of amides is 1. The fourth-order valence-corrected chi connectivity index (χ4v) is 2.02. The first-order chi connectivity index (χ1) is 7.66. The molecular weight excluding hydrogens is 200 g/mol. The average molecular weight is 218 g/mol. The zero-order valence-corrected chi connectivity index (χ0v) is 9.65. The number of anilines is 1. The Kier molecular flexibility index (Phi) is 3.13. The molecule has 86 valence electrons. The maximum Gasteiger partial charge on any atom is 0.253 e. The van der Waals surface area contributed by atoms with Crippen molar-refractivity contribution in [2.45, 2.75) is 19.8 Å². The van der Waals surface area contributed by atoms with Crippen LogP contribution in [0.2, 0.25) is 0 Å². The van der Waals surface area contributed by atoms with Gasteiger partial charge in [-0.15, -0.1) is 0 Å². The number of rotatable bonds is 1. The minimum Gasteiger partial charge on any atom is -0.399 e. The summed E-state index contributed by atoms with van der Waals surface area (Å²) in [5, 5.41) is 0. The second kappa shape index (κ2) is 4.56. The van der Waals surface area contributed by atoms with Crippen LogP contribution in [-0.2, 0) is 0 Å². The summed E-state index contributed by atoms with van der Waals surface area (Å²) in [6.45, 7) is 4.00. The van der Waals surface area contributed by atoms with Crippen LogP contribution in [0.3, 0.4) is 0 Å². The number of likely N-dealkylation sites (tertiary alicyclic amines) is 1. The molecule has 1 amide bonds. The van der Waals surface area contributed by atoms with E-state index in [0.717, 1.165) is 37.4 Å². The van der Waals surface area contributed by atoms with Gasteiger partial charge in [0, 0.05) is 24.3 Å². The third kappa shape index (κ3) is 2.35. The topological polar surface area (TPSA) is 46.3 Å². The number of hydrogen-bond acceptors (Lipinski definition) is 2. The lowest BCUT2D eigenvalue weighted by Crippen LogP contribution is -2.37. The number of nitrogens with two attached hydrogens (primary N) is 1. The lowest BCUT2D eigenvalue weighted by atomic mass is 9.98. The van der Waals surface area contributed by atoms with E-state index in [1.54, 1.807) is 24.3 Å². The van der Waals surface area contributed by atoms with Gasteiger partial charge in [-0.25, -0.2) is 0 Å². The summed E-state index contributed by atoms with van der Waals surface area (Å²) in [5.41, 5.74) is 7.04. The normalized spacial score (nSPS) is 17.4. The molecule has 0 bridgehead atoms. The number of carbonyl (C=O) groups is 1. The van der Waals surface area contributed by atoms with Crippen LogP contribution in [0, 0.1) is 5.92 Å². The van der Waals surface area contributed by atoms with Crippen molar-refractivity contribution in [3.05, 3.63) is 29.8 Å². The molecule has 0 radical (unpaired) electrons. The molecule has 0 atom stereocenters. The van der Waals surface area contributed by atoms with E-state index >= 15 is 0 Å². The highest BCUT2D eigenvalue weighted by Crippen LogP contribution is 2.18. The maximum absolute atomic E-state index is 12.1. The number of nitrogens with zero attached hydrogens (tertiary/aromatic N) is 1. The molecule has 2 rings (SSSR count). The van der Waals surface area contributed by atoms with Crippen LogP contribution in [0.4, 0.5) is 5.69 Å². The Hall–Kier alpha value is -1.51. The van der Waals surface area contributed by atoms with Crippen LogP contribution in [0.1, 0.15) is 30.1 Å². The first-order valence-corrected chi connectivity index (χ1v) is 5.81. The SMILES string of the molecule is CC1CCN(C(=O)c2ccc(N)cc2)CC1.